The van der Waals surface area contributed by atoms with Gasteiger partial charge in [0.15, 0.2) is 11.5 Å². The number of fused-ring (bicyclic) bond motifs is 1. The van der Waals surface area contributed by atoms with Crippen LogP contribution in [0.4, 0.5) is 0 Å². The van der Waals surface area contributed by atoms with E-state index >= 15 is 0 Å². The van der Waals surface area contributed by atoms with Crippen molar-refractivity contribution in [3.8, 4) is 17.2 Å². The maximum Gasteiger partial charge on any atom is 0.157 e. The number of phenols is 3. The Morgan fingerprint density at radius 2 is 1.67 bits per heavy atom. The molecule has 2 aromatic carbocycles. The molecule has 1 aliphatic rings. The Morgan fingerprint density at radius 3 is 2.38 bits per heavy atom. The van der Waals surface area contributed by atoms with Gasteiger partial charge in [-0.15, -0.1) is 17.0 Å². The zero-order valence-corrected chi connectivity index (χ0v) is 13.1. The fraction of sp³-hybridized carbons (Fsp3) is 0.250. The molecule has 3 rings (SSSR count). The van der Waals surface area contributed by atoms with Crippen molar-refractivity contribution in [2.24, 2.45) is 0 Å². The predicted octanol–water partition coefficient (Wildman–Crippen LogP) is 2.81. The van der Waals surface area contributed by atoms with Crippen molar-refractivity contribution >= 4 is 17.0 Å². The summed E-state index contributed by atoms with van der Waals surface area (Å²) in [6.45, 7) is 0.847. The van der Waals surface area contributed by atoms with Crippen molar-refractivity contribution in [3.05, 3.63) is 53.1 Å². The molecule has 1 heterocycles. The molecule has 1 aliphatic heterocycles. The first-order valence-corrected chi connectivity index (χ1v) is 6.69. The standard InChI is InChI=1S/C16H17NO3.BrH/c18-12-3-1-10(2-4-12)7-14-13-9-16(20)15(19)8-11(13)5-6-17-14;/h1-4,8-9,14,17-20H,5-7H2;1H/t14-;/m1./s1. The topological polar surface area (TPSA) is 72.7 Å². The third-order valence-corrected chi connectivity index (χ3v) is 3.77. The third-order valence-electron chi connectivity index (χ3n) is 3.77. The molecule has 112 valence electrons. The molecule has 0 saturated carbocycles. The summed E-state index contributed by atoms with van der Waals surface area (Å²) in [7, 11) is 0. The number of nitrogens with one attached hydrogen (secondary N) is 1. The van der Waals surface area contributed by atoms with E-state index in [1.807, 2.05) is 12.1 Å². The lowest BCUT2D eigenvalue weighted by Crippen LogP contribution is -2.31. The zero-order chi connectivity index (χ0) is 14.1. The second-order valence-corrected chi connectivity index (χ2v) is 5.17. The van der Waals surface area contributed by atoms with Gasteiger partial charge in [0.25, 0.3) is 0 Å². The maximum absolute atomic E-state index is 9.68. The van der Waals surface area contributed by atoms with Crippen LogP contribution in [0.15, 0.2) is 36.4 Å². The predicted molar refractivity (Wildman–Crippen MR) is 86.4 cm³/mol. The highest BCUT2D eigenvalue weighted by Gasteiger charge is 2.21. The van der Waals surface area contributed by atoms with E-state index in [0.717, 1.165) is 36.1 Å². The van der Waals surface area contributed by atoms with Gasteiger partial charge in [0.05, 0.1) is 0 Å². The Hall–Kier alpha value is -1.72. The highest BCUT2D eigenvalue weighted by molar-refractivity contribution is 8.93. The van der Waals surface area contributed by atoms with Crippen LogP contribution in [0.1, 0.15) is 22.7 Å². The Morgan fingerprint density at radius 1 is 1.00 bits per heavy atom. The minimum absolute atomic E-state index is 0. The van der Waals surface area contributed by atoms with Crippen LogP contribution in [-0.2, 0) is 12.8 Å². The molecular formula is C16H18BrNO3. The van der Waals surface area contributed by atoms with E-state index < -0.39 is 0 Å². The van der Waals surface area contributed by atoms with Gasteiger partial charge in [-0.2, -0.15) is 0 Å². The molecule has 0 bridgehead atoms. The quantitative estimate of drug-likeness (QED) is 0.628. The van der Waals surface area contributed by atoms with Crippen LogP contribution in [-0.4, -0.2) is 21.9 Å². The van der Waals surface area contributed by atoms with E-state index in [4.69, 9.17) is 0 Å². The number of halogens is 1. The van der Waals surface area contributed by atoms with Gasteiger partial charge in [0.2, 0.25) is 0 Å². The molecule has 1 atom stereocenters. The monoisotopic (exact) mass is 351 g/mol. The van der Waals surface area contributed by atoms with Crippen molar-refractivity contribution in [1.29, 1.82) is 0 Å². The molecule has 0 amide bonds. The summed E-state index contributed by atoms with van der Waals surface area (Å²) in [6.07, 6.45) is 1.62. The molecule has 0 spiro atoms. The summed E-state index contributed by atoms with van der Waals surface area (Å²) in [5, 5.41) is 32.0. The van der Waals surface area contributed by atoms with Crippen LogP contribution < -0.4 is 5.32 Å². The van der Waals surface area contributed by atoms with Crippen molar-refractivity contribution in [2.45, 2.75) is 18.9 Å². The van der Waals surface area contributed by atoms with E-state index in [9.17, 15) is 15.3 Å². The van der Waals surface area contributed by atoms with Crippen molar-refractivity contribution < 1.29 is 15.3 Å². The summed E-state index contributed by atoms with van der Waals surface area (Å²) in [5.74, 6) is 0.116. The Labute approximate surface area is 133 Å². The summed E-state index contributed by atoms with van der Waals surface area (Å²) in [5.41, 5.74) is 3.21. The molecule has 0 fully saturated rings. The van der Waals surface area contributed by atoms with Gasteiger partial charge in [-0.05, 0) is 60.3 Å². The molecule has 0 aromatic heterocycles. The Kier molecular flexibility index (Phi) is 4.75. The first-order valence-electron chi connectivity index (χ1n) is 6.69. The summed E-state index contributed by atoms with van der Waals surface area (Å²) < 4.78 is 0. The van der Waals surface area contributed by atoms with Gasteiger partial charge in [0.1, 0.15) is 5.75 Å². The molecule has 2 aromatic rings. The number of aromatic hydroxyl groups is 3. The highest BCUT2D eigenvalue weighted by Crippen LogP contribution is 2.34. The average molecular weight is 352 g/mol. The number of rotatable bonds is 2. The van der Waals surface area contributed by atoms with Crippen LogP contribution in [0, 0.1) is 0 Å². The van der Waals surface area contributed by atoms with E-state index in [1.165, 1.54) is 0 Å². The van der Waals surface area contributed by atoms with Crippen molar-refractivity contribution in [2.75, 3.05) is 6.54 Å². The molecule has 0 saturated heterocycles. The van der Waals surface area contributed by atoms with Gasteiger partial charge >= 0.3 is 0 Å². The molecule has 0 radical (unpaired) electrons. The molecular weight excluding hydrogens is 334 g/mol. The molecule has 5 heteroatoms. The fourth-order valence-corrected chi connectivity index (χ4v) is 2.72. The largest absolute Gasteiger partial charge is 0.508 e. The van der Waals surface area contributed by atoms with E-state index in [0.29, 0.717) is 0 Å². The van der Waals surface area contributed by atoms with Crippen LogP contribution in [0.5, 0.6) is 17.2 Å². The molecule has 4 nitrogen and oxygen atoms in total. The highest BCUT2D eigenvalue weighted by atomic mass is 79.9. The van der Waals surface area contributed by atoms with Crippen LogP contribution in [0.3, 0.4) is 0 Å². The Balaban J connectivity index is 0.00000161. The van der Waals surface area contributed by atoms with Gasteiger partial charge in [-0.1, -0.05) is 12.1 Å². The number of hydrogen-bond donors (Lipinski definition) is 4. The number of benzene rings is 2. The summed E-state index contributed by atoms with van der Waals surface area (Å²) in [4.78, 5) is 0. The minimum atomic E-state index is -0.0804. The lowest BCUT2D eigenvalue weighted by atomic mass is 9.90. The SMILES string of the molecule is Br.Oc1ccc(C[C@H]2NCCc3cc(O)c(O)cc32)cc1. The summed E-state index contributed by atoms with van der Waals surface area (Å²) >= 11 is 0. The van der Waals surface area contributed by atoms with Crippen LogP contribution >= 0.6 is 17.0 Å². The number of hydrogen-bond acceptors (Lipinski definition) is 4. The lowest BCUT2D eigenvalue weighted by Gasteiger charge is -2.27. The first kappa shape index (κ1) is 15.7. The third kappa shape index (κ3) is 3.31. The summed E-state index contributed by atoms with van der Waals surface area (Å²) in [6, 6.07) is 10.5. The molecule has 4 N–H and O–H groups in total. The second-order valence-electron chi connectivity index (χ2n) is 5.17. The van der Waals surface area contributed by atoms with Gasteiger partial charge < -0.3 is 20.6 Å². The zero-order valence-electron chi connectivity index (χ0n) is 11.4. The first-order chi connectivity index (χ1) is 9.63. The molecule has 0 aliphatic carbocycles. The lowest BCUT2D eigenvalue weighted by molar-refractivity contribution is 0.398. The van der Waals surface area contributed by atoms with Crippen molar-refractivity contribution in [1.82, 2.24) is 5.32 Å². The van der Waals surface area contributed by atoms with Crippen LogP contribution in [0.25, 0.3) is 0 Å². The van der Waals surface area contributed by atoms with Crippen LogP contribution in [0.2, 0.25) is 0 Å². The smallest absolute Gasteiger partial charge is 0.157 e. The van der Waals surface area contributed by atoms with Gasteiger partial charge in [-0.3, -0.25) is 0 Å². The van der Waals surface area contributed by atoms with E-state index in [2.05, 4.69) is 5.32 Å². The Bertz CT molecular complexity index is 628. The van der Waals surface area contributed by atoms with E-state index in [1.54, 1.807) is 24.3 Å². The van der Waals surface area contributed by atoms with Crippen molar-refractivity contribution in [3.63, 3.8) is 0 Å². The molecule has 0 unspecified atom stereocenters. The van der Waals surface area contributed by atoms with Gasteiger partial charge in [-0.25, -0.2) is 0 Å². The van der Waals surface area contributed by atoms with E-state index in [-0.39, 0.29) is 40.3 Å². The maximum atomic E-state index is 9.68. The number of phenolic OH excluding ortho intramolecular Hbond substituents is 3. The normalized spacial score (nSPS) is 16.9. The fourth-order valence-electron chi connectivity index (χ4n) is 2.72. The second kappa shape index (κ2) is 6.37. The minimum Gasteiger partial charge on any atom is -0.508 e. The average Bonchev–Trinajstić information content (AvgIpc) is 2.43. The molecule has 21 heavy (non-hydrogen) atoms. The van der Waals surface area contributed by atoms with Gasteiger partial charge in [0, 0.05) is 6.04 Å².